The summed E-state index contributed by atoms with van der Waals surface area (Å²) in [7, 11) is 0. The largest absolute Gasteiger partial charge is 1.00 e. The molecule has 0 heterocycles. The molecule has 0 amide bonds. The third kappa shape index (κ3) is 2.20. The Hall–Kier alpha value is -0.300. The second-order valence-electron chi connectivity index (χ2n) is 3.72. The second-order valence-corrected chi connectivity index (χ2v) is 3.72. The fourth-order valence-electron chi connectivity index (χ4n) is 1.75. The van der Waals surface area contributed by atoms with Crippen molar-refractivity contribution in [2.45, 2.75) is 19.8 Å². The molecular weight excluding hydrogens is 179 g/mol. The molecule has 0 spiro atoms. The molecule has 0 saturated carbocycles. The average Bonchev–Trinajstić information content (AvgIpc) is 2.17. The average molecular weight is 194 g/mol. The number of benzene rings is 2. The second kappa shape index (κ2) is 4.97. The SMILES string of the molecule is CC(C)c1cccc2ccccc12.[H-].[Na+]. The molecule has 2 aromatic rings. The van der Waals surface area contributed by atoms with Crippen molar-refractivity contribution in [1.82, 2.24) is 0 Å². The van der Waals surface area contributed by atoms with Gasteiger partial charge in [0.15, 0.2) is 0 Å². The molecule has 0 fully saturated rings. The molecule has 0 N–H and O–H groups in total. The van der Waals surface area contributed by atoms with Gasteiger partial charge in [0.25, 0.3) is 0 Å². The molecular formula is C13H15Na. The zero-order valence-corrected chi connectivity index (χ0v) is 11.1. The van der Waals surface area contributed by atoms with E-state index in [9.17, 15) is 0 Å². The zero-order chi connectivity index (χ0) is 9.26. The van der Waals surface area contributed by atoms with E-state index in [1.807, 2.05) is 0 Å². The van der Waals surface area contributed by atoms with Crippen LogP contribution in [0.3, 0.4) is 0 Å². The molecule has 2 rings (SSSR count). The first kappa shape index (κ1) is 11.8. The van der Waals surface area contributed by atoms with E-state index >= 15 is 0 Å². The van der Waals surface area contributed by atoms with Crippen molar-refractivity contribution in [2.24, 2.45) is 0 Å². The van der Waals surface area contributed by atoms with Gasteiger partial charge in [0.1, 0.15) is 0 Å². The maximum Gasteiger partial charge on any atom is 1.00 e. The summed E-state index contributed by atoms with van der Waals surface area (Å²) in [4.78, 5) is 0. The molecule has 0 nitrogen and oxygen atoms in total. The summed E-state index contributed by atoms with van der Waals surface area (Å²) in [6.45, 7) is 4.48. The van der Waals surface area contributed by atoms with Gasteiger partial charge in [0, 0.05) is 0 Å². The Bertz CT molecular complexity index is 418. The minimum Gasteiger partial charge on any atom is -1.00 e. The van der Waals surface area contributed by atoms with E-state index in [1.165, 1.54) is 16.3 Å². The van der Waals surface area contributed by atoms with Crippen LogP contribution in [0.25, 0.3) is 10.8 Å². The van der Waals surface area contributed by atoms with Crippen molar-refractivity contribution in [2.75, 3.05) is 0 Å². The van der Waals surface area contributed by atoms with Gasteiger partial charge in [-0.1, -0.05) is 56.3 Å². The van der Waals surface area contributed by atoms with Crippen LogP contribution in [0.2, 0.25) is 0 Å². The van der Waals surface area contributed by atoms with E-state index in [1.54, 1.807) is 0 Å². The van der Waals surface area contributed by atoms with Gasteiger partial charge in [-0.05, 0) is 22.3 Å². The van der Waals surface area contributed by atoms with Crippen LogP contribution in [-0.2, 0) is 0 Å². The molecule has 0 saturated heterocycles. The monoisotopic (exact) mass is 194 g/mol. The Labute approximate surface area is 109 Å². The first-order valence-corrected chi connectivity index (χ1v) is 4.76. The molecule has 0 atom stereocenters. The summed E-state index contributed by atoms with van der Waals surface area (Å²) in [6, 6.07) is 15.1. The zero-order valence-electron chi connectivity index (χ0n) is 10.1. The minimum atomic E-state index is 0. The van der Waals surface area contributed by atoms with Crippen molar-refractivity contribution in [3.8, 4) is 0 Å². The molecule has 2 aromatic carbocycles. The quantitative estimate of drug-likeness (QED) is 0.596. The predicted octanol–water partition coefficient (Wildman–Crippen LogP) is 1.08. The minimum absolute atomic E-state index is 0. The van der Waals surface area contributed by atoms with Crippen LogP contribution in [0.15, 0.2) is 42.5 Å². The fraction of sp³-hybridized carbons (Fsp3) is 0.231. The van der Waals surface area contributed by atoms with Crippen LogP contribution in [0.1, 0.15) is 26.8 Å². The summed E-state index contributed by atoms with van der Waals surface area (Å²) in [5.74, 6) is 0.603. The van der Waals surface area contributed by atoms with Crippen LogP contribution >= 0.6 is 0 Å². The third-order valence-corrected chi connectivity index (χ3v) is 2.45. The van der Waals surface area contributed by atoms with Crippen LogP contribution in [-0.4, -0.2) is 0 Å². The normalized spacial score (nSPS) is 10.2. The van der Waals surface area contributed by atoms with Gasteiger partial charge in [0.05, 0.1) is 0 Å². The molecule has 14 heavy (non-hydrogen) atoms. The van der Waals surface area contributed by atoms with Crippen molar-refractivity contribution in [3.63, 3.8) is 0 Å². The van der Waals surface area contributed by atoms with Gasteiger partial charge in [0.2, 0.25) is 0 Å². The molecule has 0 aliphatic rings. The predicted molar refractivity (Wildman–Crippen MR) is 59.1 cm³/mol. The first-order chi connectivity index (χ1) is 6.29. The molecule has 0 radical (unpaired) electrons. The van der Waals surface area contributed by atoms with E-state index in [0.717, 1.165) is 0 Å². The number of hydrogen-bond donors (Lipinski definition) is 0. The fourth-order valence-corrected chi connectivity index (χ4v) is 1.75. The first-order valence-electron chi connectivity index (χ1n) is 4.76. The van der Waals surface area contributed by atoms with Crippen LogP contribution in [0, 0.1) is 0 Å². The maximum absolute atomic E-state index is 2.24. The molecule has 0 aliphatic carbocycles. The van der Waals surface area contributed by atoms with Crippen molar-refractivity contribution in [1.29, 1.82) is 0 Å². The van der Waals surface area contributed by atoms with E-state index in [-0.39, 0.29) is 31.0 Å². The van der Waals surface area contributed by atoms with Gasteiger partial charge in [-0.3, -0.25) is 0 Å². The topological polar surface area (TPSA) is 0 Å². The van der Waals surface area contributed by atoms with E-state index < -0.39 is 0 Å². The molecule has 1 heteroatoms. The molecule has 0 aliphatic heterocycles. The van der Waals surface area contributed by atoms with Crippen molar-refractivity contribution in [3.05, 3.63) is 48.0 Å². The van der Waals surface area contributed by atoms with Gasteiger partial charge in [-0.15, -0.1) is 0 Å². The number of rotatable bonds is 1. The van der Waals surface area contributed by atoms with E-state index in [4.69, 9.17) is 0 Å². The van der Waals surface area contributed by atoms with E-state index in [0.29, 0.717) is 5.92 Å². The maximum atomic E-state index is 2.24. The Kier molecular flexibility index (Phi) is 4.18. The molecule has 0 unspecified atom stereocenters. The van der Waals surface area contributed by atoms with Crippen molar-refractivity contribution < 1.29 is 31.0 Å². The summed E-state index contributed by atoms with van der Waals surface area (Å²) in [5.41, 5.74) is 1.44. The Morgan fingerprint density at radius 3 is 2.29 bits per heavy atom. The molecule has 68 valence electrons. The molecule has 0 aromatic heterocycles. The van der Waals surface area contributed by atoms with Crippen LogP contribution in [0.5, 0.6) is 0 Å². The molecule has 0 bridgehead atoms. The number of hydrogen-bond acceptors (Lipinski definition) is 0. The Morgan fingerprint density at radius 1 is 0.929 bits per heavy atom. The summed E-state index contributed by atoms with van der Waals surface area (Å²) in [5, 5.41) is 2.73. The Balaban J connectivity index is 0.000000980. The summed E-state index contributed by atoms with van der Waals surface area (Å²) < 4.78 is 0. The van der Waals surface area contributed by atoms with E-state index in [2.05, 4.69) is 56.3 Å². The summed E-state index contributed by atoms with van der Waals surface area (Å²) in [6.07, 6.45) is 0. The van der Waals surface area contributed by atoms with Gasteiger partial charge in [-0.2, -0.15) is 0 Å². The van der Waals surface area contributed by atoms with Gasteiger partial charge >= 0.3 is 29.6 Å². The summed E-state index contributed by atoms with van der Waals surface area (Å²) >= 11 is 0. The van der Waals surface area contributed by atoms with Gasteiger partial charge < -0.3 is 1.43 Å². The third-order valence-electron chi connectivity index (χ3n) is 2.45. The van der Waals surface area contributed by atoms with Crippen LogP contribution in [0.4, 0.5) is 0 Å². The van der Waals surface area contributed by atoms with Crippen molar-refractivity contribution >= 4 is 10.8 Å². The van der Waals surface area contributed by atoms with Gasteiger partial charge in [-0.25, -0.2) is 0 Å². The Morgan fingerprint density at radius 2 is 1.57 bits per heavy atom. The number of fused-ring (bicyclic) bond motifs is 1. The smallest absolute Gasteiger partial charge is 1.00 e. The van der Waals surface area contributed by atoms with Crippen LogP contribution < -0.4 is 29.6 Å². The standard InChI is InChI=1S/C13H14.Na.H/c1-10(2)12-9-5-7-11-6-3-4-8-13(11)12;;/h3-10H,1-2H3;;/q;+1;-1.